The van der Waals surface area contributed by atoms with E-state index in [1.54, 1.807) is 4.90 Å². The molecular weight excluding hydrogens is 263 g/mol. The lowest BCUT2D eigenvalue weighted by atomic mass is 10.4. The van der Waals surface area contributed by atoms with Gasteiger partial charge < -0.3 is 9.84 Å². The Balaban J connectivity index is 0. The number of rotatable bonds is 8. The van der Waals surface area contributed by atoms with Gasteiger partial charge in [-0.05, 0) is 13.0 Å². The van der Waals surface area contributed by atoms with Crippen molar-refractivity contribution in [3.8, 4) is 0 Å². The highest BCUT2D eigenvalue weighted by molar-refractivity contribution is 5.85. The number of nitrogens with zero attached hydrogens (tertiary/aromatic N) is 1. The number of carboxylic acid groups (broad SMARTS) is 1. The Hall–Kier alpha value is -0.530. The fraction of sp³-hybridized carbons (Fsp3) is 0.889. The first-order chi connectivity index (χ1) is 7.35. The summed E-state index contributed by atoms with van der Waals surface area (Å²) < 4.78 is 39.5. The highest BCUT2D eigenvalue weighted by Gasteiger charge is 2.27. The van der Waals surface area contributed by atoms with Crippen molar-refractivity contribution in [3.63, 3.8) is 0 Å². The third kappa shape index (κ3) is 13.4. The molecule has 0 heterocycles. The molecule has 104 valence electrons. The summed E-state index contributed by atoms with van der Waals surface area (Å²) in [5.41, 5.74) is 0. The molecule has 0 aromatic rings. The van der Waals surface area contributed by atoms with Gasteiger partial charge in [0, 0.05) is 6.54 Å². The SMILES string of the molecule is CCCN(CCOCC(F)(F)F)CC(=O)O.Cl. The van der Waals surface area contributed by atoms with Crippen LogP contribution >= 0.6 is 12.4 Å². The number of carboxylic acids is 1. The molecule has 8 heteroatoms. The van der Waals surface area contributed by atoms with Gasteiger partial charge >= 0.3 is 12.1 Å². The lowest BCUT2D eigenvalue weighted by molar-refractivity contribution is -0.174. The van der Waals surface area contributed by atoms with E-state index in [1.807, 2.05) is 6.92 Å². The number of alkyl halides is 3. The molecule has 0 aliphatic carbocycles. The van der Waals surface area contributed by atoms with Crippen LogP contribution in [0, 0.1) is 0 Å². The highest BCUT2D eigenvalue weighted by Crippen LogP contribution is 2.14. The summed E-state index contributed by atoms with van der Waals surface area (Å²) in [6.07, 6.45) is -3.59. The van der Waals surface area contributed by atoms with Crippen LogP contribution in [-0.2, 0) is 9.53 Å². The van der Waals surface area contributed by atoms with Crippen molar-refractivity contribution in [2.45, 2.75) is 19.5 Å². The van der Waals surface area contributed by atoms with Crippen LogP contribution in [0.25, 0.3) is 0 Å². The fourth-order valence-electron chi connectivity index (χ4n) is 1.16. The smallest absolute Gasteiger partial charge is 0.411 e. The normalized spacial score (nSPS) is 11.4. The van der Waals surface area contributed by atoms with Crippen molar-refractivity contribution in [1.82, 2.24) is 4.90 Å². The lowest BCUT2D eigenvalue weighted by Crippen LogP contribution is -2.34. The molecule has 0 fully saturated rings. The van der Waals surface area contributed by atoms with Crippen LogP contribution < -0.4 is 0 Å². The summed E-state index contributed by atoms with van der Waals surface area (Å²) in [7, 11) is 0. The average molecular weight is 280 g/mol. The molecule has 4 nitrogen and oxygen atoms in total. The third-order valence-corrected chi connectivity index (χ3v) is 1.72. The second-order valence-corrected chi connectivity index (χ2v) is 3.34. The predicted molar refractivity (Wildman–Crippen MR) is 58.5 cm³/mol. The van der Waals surface area contributed by atoms with E-state index in [0.717, 1.165) is 6.42 Å². The first kappa shape index (κ1) is 18.8. The maximum Gasteiger partial charge on any atom is 0.411 e. The monoisotopic (exact) mass is 279 g/mol. The number of halogens is 4. The molecule has 0 unspecified atom stereocenters. The Morgan fingerprint density at radius 3 is 2.35 bits per heavy atom. The minimum atomic E-state index is -4.33. The van der Waals surface area contributed by atoms with Crippen molar-refractivity contribution in [2.75, 3.05) is 32.8 Å². The van der Waals surface area contributed by atoms with Gasteiger partial charge in [0.25, 0.3) is 0 Å². The van der Waals surface area contributed by atoms with Gasteiger partial charge in [-0.1, -0.05) is 6.92 Å². The topological polar surface area (TPSA) is 49.8 Å². The van der Waals surface area contributed by atoms with E-state index in [9.17, 15) is 18.0 Å². The van der Waals surface area contributed by atoms with Crippen LogP contribution in [0.15, 0.2) is 0 Å². The molecule has 0 aliphatic heterocycles. The molecule has 0 atom stereocenters. The third-order valence-electron chi connectivity index (χ3n) is 1.72. The molecule has 0 rings (SSSR count). The molecule has 17 heavy (non-hydrogen) atoms. The Bertz CT molecular complexity index is 214. The van der Waals surface area contributed by atoms with Gasteiger partial charge in [0.05, 0.1) is 13.2 Å². The number of ether oxygens (including phenoxy) is 1. The number of hydrogen-bond acceptors (Lipinski definition) is 3. The zero-order chi connectivity index (χ0) is 12.6. The number of aliphatic carboxylic acids is 1. The van der Waals surface area contributed by atoms with Gasteiger partial charge in [0.2, 0.25) is 0 Å². The highest BCUT2D eigenvalue weighted by atomic mass is 35.5. The zero-order valence-corrected chi connectivity index (χ0v) is 10.3. The van der Waals surface area contributed by atoms with E-state index >= 15 is 0 Å². The van der Waals surface area contributed by atoms with E-state index in [4.69, 9.17) is 5.11 Å². The van der Waals surface area contributed by atoms with Crippen LogP contribution in [0.3, 0.4) is 0 Å². The minimum absolute atomic E-state index is 0. The molecule has 0 saturated heterocycles. The minimum Gasteiger partial charge on any atom is -0.480 e. The van der Waals surface area contributed by atoms with Crippen LogP contribution in [0.2, 0.25) is 0 Å². The predicted octanol–water partition coefficient (Wildman–Crippen LogP) is 1.78. The fourth-order valence-corrected chi connectivity index (χ4v) is 1.16. The van der Waals surface area contributed by atoms with Gasteiger partial charge in [-0.2, -0.15) is 13.2 Å². The zero-order valence-electron chi connectivity index (χ0n) is 9.50. The molecule has 0 aliphatic rings. The molecular formula is C9H17ClF3NO3. The summed E-state index contributed by atoms with van der Waals surface area (Å²) in [5.74, 6) is -0.996. The largest absolute Gasteiger partial charge is 0.480 e. The van der Waals surface area contributed by atoms with E-state index in [0.29, 0.717) is 6.54 Å². The second-order valence-electron chi connectivity index (χ2n) is 3.34. The summed E-state index contributed by atoms with van der Waals surface area (Å²) >= 11 is 0. The van der Waals surface area contributed by atoms with E-state index in [1.165, 1.54) is 0 Å². The average Bonchev–Trinajstić information content (AvgIpc) is 2.10. The molecule has 1 N–H and O–H groups in total. The van der Waals surface area contributed by atoms with Gasteiger partial charge in [0.15, 0.2) is 0 Å². The Morgan fingerprint density at radius 2 is 1.94 bits per heavy atom. The first-order valence-corrected chi connectivity index (χ1v) is 4.93. The Morgan fingerprint density at radius 1 is 1.35 bits per heavy atom. The van der Waals surface area contributed by atoms with E-state index in [2.05, 4.69) is 4.74 Å². The van der Waals surface area contributed by atoms with Gasteiger partial charge in [-0.15, -0.1) is 12.4 Å². The van der Waals surface area contributed by atoms with Crippen molar-refractivity contribution in [2.24, 2.45) is 0 Å². The summed E-state index contributed by atoms with van der Waals surface area (Å²) in [4.78, 5) is 12.0. The van der Waals surface area contributed by atoms with Gasteiger partial charge in [-0.3, -0.25) is 9.69 Å². The Kier molecular flexibility index (Phi) is 10.5. The van der Waals surface area contributed by atoms with Crippen molar-refractivity contribution < 1.29 is 27.8 Å². The van der Waals surface area contributed by atoms with Gasteiger partial charge in [0.1, 0.15) is 6.61 Å². The van der Waals surface area contributed by atoms with Crippen molar-refractivity contribution >= 4 is 18.4 Å². The second kappa shape index (κ2) is 9.49. The molecule has 0 aromatic heterocycles. The maximum absolute atomic E-state index is 11.7. The molecule has 0 aromatic carbocycles. The number of hydrogen-bond donors (Lipinski definition) is 1. The number of carbonyl (C=O) groups is 1. The van der Waals surface area contributed by atoms with Crippen LogP contribution in [0.4, 0.5) is 13.2 Å². The van der Waals surface area contributed by atoms with Crippen molar-refractivity contribution in [3.05, 3.63) is 0 Å². The summed E-state index contributed by atoms with van der Waals surface area (Å²) in [6, 6.07) is 0. The van der Waals surface area contributed by atoms with E-state index in [-0.39, 0.29) is 32.1 Å². The van der Waals surface area contributed by atoms with Crippen LogP contribution in [-0.4, -0.2) is 55.0 Å². The molecule has 0 amide bonds. The van der Waals surface area contributed by atoms with Crippen LogP contribution in [0.5, 0.6) is 0 Å². The summed E-state index contributed by atoms with van der Waals surface area (Å²) in [5, 5.41) is 8.53. The quantitative estimate of drug-likeness (QED) is 0.688. The molecule has 0 spiro atoms. The lowest BCUT2D eigenvalue weighted by Gasteiger charge is -2.19. The standard InChI is InChI=1S/C9H16F3NO3.ClH/c1-2-3-13(6-8(14)15)4-5-16-7-9(10,11)12;/h2-7H2,1H3,(H,14,15);1H. The summed E-state index contributed by atoms with van der Waals surface area (Å²) in [6.45, 7) is 0.999. The molecule has 0 saturated carbocycles. The molecule has 0 radical (unpaired) electrons. The van der Waals surface area contributed by atoms with E-state index < -0.39 is 18.8 Å². The van der Waals surface area contributed by atoms with Crippen LogP contribution in [0.1, 0.15) is 13.3 Å². The maximum atomic E-state index is 11.7. The Labute approximate surface area is 104 Å². The molecule has 0 bridgehead atoms. The van der Waals surface area contributed by atoms with Crippen molar-refractivity contribution in [1.29, 1.82) is 0 Å². The van der Waals surface area contributed by atoms with Gasteiger partial charge in [-0.25, -0.2) is 0 Å². The first-order valence-electron chi connectivity index (χ1n) is 4.93.